The van der Waals surface area contributed by atoms with Crippen molar-refractivity contribution in [1.82, 2.24) is 0 Å². The summed E-state index contributed by atoms with van der Waals surface area (Å²) in [5.74, 6) is 0. The van der Waals surface area contributed by atoms with Crippen LogP contribution in [0.1, 0.15) is 25.0 Å². The number of ether oxygens (including phenoxy) is 1. The molecule has 2 N–H and O–H groups in total. The largest absolute Gasteiger partial charge is 0.379 e. The fraction of sp³-hybridized carbons (Fsp3) is 0.500. The molecule has 0 radical (unpaired) electrons. The van der Waals surface area contributed by atoms with Gasteiger partial charge >= 0.3 is 0 Å². The van der Waals surface area contributed by atoms with E-state index in [1.165, 1.54) is 5.56 Å². The van der Waals surface area contributed by atoms with Crippen LogP contribution >= 0.6 is 0 Å². The first kappa shape index (κ1) is 11.2. The van der Waals surface area contributed by atoms with E-state index in [4.69, 9.17) is 10.5 Å². The van der Waals surface area contributed by atoms with Gasteiger partial charge in [0, 0.05) is 6.61 Å². The quantitative estimate of drug-likeness (QED) is 0.795. The predicted octanol–water partition coefficient (Wildman–Crippen LogP) is 2.21. The minimum atomic E-state index is -0.385. The first-order valence-electron chi connectivity index (χ1n) is 5.00. The molecule has 1 aromatic carbocycles. The summed E-state index contributed by atoms with van der Waals surface area (Å²) in [6, 6.07) is 8.28. The zero-order valence-electron chi connectivity index (χ0n) is 9.21. The molecule has 1 unspecified atom stereocenters. The maximum Gasteiger partial charge on any atom is 0.0685 e. The highest BCUT2D eigenvalue weighted by Crippen LogP contribution is 2.18. The van der Waals surface area contributed by atoms with E-state index < -0.39 is 0 Å². The SMILES string of the molecule is CCOCC(C)(N)c1ccc(C)cc1. The number of hydrogen-bond donors (Lipinski definition) is 1. The maximum atomic E-state index is 6.15. The molecule has 1 atom stereocenters. The summed E-state index contributed by atoms with van der Waals surface area (Å²) in [4.78, 5) is 0. The topological polar surface area (TPSA) is 35.2 Å². The summed E-state index contributed by atoms with van der Waals surface area (Å²) in [5.41, 5.74) is 8.14. The lowest BCUT2D eigenvalue weighted by atomic mass is 9.93. The van der Waals surface area contributed by atoms with Crippen molar-refractivity contribution in [1.29, 1.82) is 0 Å². The van der Waals surface area contributed by atoms with Crippen molar-refractivity contribution in [2.45, 2.75) is 26.3 Å². The second-order valence-corrected chi connectivity index (χ2v) is 3.92. The van der Waals surface area contributed by atoms with Gasteiger partial charge in [0.25, 0.3) is 0 Å². The molecule has 0 bridgehead atoms. The molecular formula is C12H19NO. The molecule has 0 saturated heterocycles. The van der Waals surface area contributed by atoms with Gasteiger partial charge in [-0.05, 0) is 26.3 Å². The predicted molar refractivity (Wildman–Crippen MR) is 59.2 cm³/mol. The maximum absolute atomic E-state index is 6.15. The molecule has 78 valence electrons. The first-order valence-corrected chi connectivity index (χ1v) is 5.00. The van der Waals surface area contributed by atoms with E-state index in [2.05, 4.69) is 31.2 Å². The highest BCUT2D eigenvalue weighted by atomic mass is 16.5. The number of aryl methyl sites for hydroxylation is 1. The molecule has 2 nitrogen and oxygen atoms in total. The minimum absolute atomic E-state index is 0.385. The van der Waals surface area contributed by atoms with E-state index >= 15 is 0 Å². The summed E-state index contributed by atoms with van der Waals surface area (Å²) in [6.45, 7) is 7.31. The average Bonchev–Trinajstić information content (AvgIpc) is 2.16. The van der Waals surface area contributed by atoms with Gasteiger partial charge in [-0.3, -0.25) is 0 Å². The van der Waals surface area contributed by atoms with Crippen LogP contribution in [0.5, 0.6) is 0 Å². The van der Waals surface area contributed by atoms with Gasteiger partial charge in [0.1, 0.15) is 0 Å². The Bertz CT molecular complexity index is 277. The lowest BCUT2D eigenvalue weighted by Crippen LogP contribution is -2.38. The normalized spacial score (nSPS) is 15.1. The Labute approximate surface area is 86.1 Å². The lowest BCUT2D eigenvalue weighted by molar-refractivity contribution is 0.101. The zero-order chi connectivity index (χ0) is 10.6. The van der Waals surface area contributed by atoms with Crippen LogP contribution in [-0.4, -0.2) is 13.2 Å². The van der Waals surface area contributed by atoms with Crippen molar-refractivity contribution >= 4 is 0 Å². The first-order chi connectivity index (χ1) is 6.56. The van der Waals surface area contributed by atoms with Gasteiger partial charge < -0.3 is 10.5 Å². The Kier molecular flexibility index (Phi) is 3.67. The molecule has 0 aliphatic heterocycles. The van der Waals surface area contributed by atoms with Gasteiger partial charge in [-0.2, -0.15) is 0 Å². The van der Waals surface area contributed by atoms with Crippen molar-refractivity contribution in [2.75, 3.05) is 13.2 Å². The summed E-state index contributed by atoms with van der Waals surface area (Å²) in [5, 5.41) is 0. The molecule has 1 aromatic rings. The molecule has 0 spiro atoms. The van der Waals surface area contributed by atoms with Crippen LogP contribution in [0.2, 0.25) is 0 Å². The Morgan fingerprint density at radius 1 is 1.29 bits per heavy atom. The summed E-state index contributed by atoms with van der Waals surface area (Å²) >= 11 is 0. The van der Waals surface area contributed by atoms with Crippen molar-refractivity contribution in [3.05, 3.63) is 35.4 Å². The minimum Gasteiger partial charge on any atom is -0.379 e. The van der Waals surface area contributed by atoms with Crippen LogP contribution in [-0.2, 0) is 10.3 Å². The summed E-state index contributed by atoms with van der Waals surface area (Å²) < 4.78 is 5.36. The molecule has 0 aromatic heterocycles. The Hall–Kier alpha value is -0.860. The van der Waals surface area contributed by atoms with Crippen LogP contribution in [0.4, 0.5) is 0 Å². The molecule has 2 heteroatoms. The van der Waals surface area contributed by atoms with E-state index in [1.807, 2.05) is 13.8 Å². The highest BCUT2D eigenvalue weighted by molar-refractivity contribution is 5.27. The van der Waals surface area contributed by atoms with E-state index in [0.717, 1.165) is 5.56 Å². The Balaban J connectivity index is 2.75. The van der Waals surface area contributed by atoms with Crippen molar-refractivity contribution in [3.63, 3.8) is 0 Å². The molecule has 0 heterocycles. The molecule has 1 rings (SSSR count). The molecule has 0 amide bonds. The van der Waals surface area contributed by atoms with Gasteiger partial charge in [-0.1, -0.05) is 29.8 Å². The summed E-state index contributed by atoms with van der Waals surface area (Å²) in [7, 11) is 0. The fourth-order valence-corrected chi connectivity index (χ4v) is 1.33. The third-order valence-electron chi connectivity index (χ3n) is 2.32. The van der Waals surface area contributed by atoms with Crippen LogP contribution in [0, 0.1) is 6.92 Å². The molecule has 0 saturated carbocycles. The number of benzene rings is 1. The van der Waals surface area contributed by atoms with E-state index in [9.17, 15) is 0 Å². The smallest absolute Gasteiger partial charge is 0.0685 e. The standard InChI is InChI=1S/C12H19NO/c1-4-14-9-12(3,13)11-7-5-10(2)6-8-11/h5-8H,4,9,13H2,1-3H3. The van der Waals surface area contributed by atoms with Crippen molar-refractivity contribution in [3.8, 4) is 0 Å². The second kappa shape index (κ2) is 4.58. The molecule has 14 heavy (non-hydrogen) atoms. The highest BCUT2D eigenvalue weighted by Gasteiger charge is 2.20. The zero-order valence-corrected chi connectivity index (χ0v) is 9.21. The molecule has 0 fully saturated rings. The van der Waals surface area contributed by atoms with Crippen LogP contribution in [0.3, 0.4) is 0 Å². The average molecular weight is 193 g/mol. The fourth-order valence-electron chi connectivity index (χ4n) is 1.33. The van der Waals surface area contributed by atoms with Gasteiger partial charge in [0.2, 0.25) is 0 Å². The second-order valence-electron chi connectivity index (χ2n) is 3.92. The van der Waals surface area contributed by atoms with Gasteiger partial charge in [-0.25, -0.2) is 0 Å². The van der Waals surface area contributed by atoms with Gasteiger partial charge in [-0.15, -0.1) is 0 Å². The monoisotopic (exact) mass is 193 g/mol. The lowest BCUT2D eigenvalue weighted by Gasteiger charge is -2.24. The van der Waals surface area contributed by atoms with Gasteiger partial charge in [0.05, 0.1) is 12.1 Å². The molecular weight excluding hydrogens is 174 g/mol. The third kappa shape index (κ3) is 2.82. The molecule has 0 aliphatic carbocycles. The number of rotatable bonds is 4. The Morgan fingerprint density at radius 2 is 1.86 bits per heavy atom. The van der Waals surface area contributed by atoms with E-state index in [0.29, 0.717) is 13.2 Å². The van der Waals surface area contributed by atoms with Crippen molar-refractivity contribution < 1.29 is 4.74 Å². The molecule has 0 aliphatic rings. The van der Waals surface area contributed by atoms with Crippen LogP contribution < -0.4 is 5.73 Å². The van der Waals surface area contributed by atoms with E-state index in [-0.39, 0.29) is 5.54 Å². The Morgan fingerprint density at radius 3 is 2.36 bits per heavy atom. The van der Waals surface area contributed by atoms with Crippen LogP contribution in [0.15, 0.2) is 24.3 Å². The van der Waals surface area contributed by atoms with E-state index in [1.54, 1.807) is 0 Å². The number of nitrogens with two attached hydrogens (primary N) is 1. The van der Waals surface area contributed by atoms with Gasteiger partial charge in [0.15, 0.2) is 0 Å². The summed E-state index contributed by atoms with van der Waals surface area (Å²) in [6.07, 6.45) is 0. The number of hydrogen-bond acceptors (Lipinski definition) is 2. The van der Waals surface area contributed by atoms with Crippen LogP contribution in [0.25, 0.3) is 0 Å². The third-order valence-corrected chi connectivity index (χ3v) is 2.32. The van der Waals surface area contributed by atoms with Crippen molar-refractivity contribution in [2.24, 2.45) is 5.73 Å².